The monoisotopic (exact) mass is 353 g/mol. The summed E-state index contributed by atoms with van der Waals surface area (Å²) in [4.78, 5) is 14.7. The van der Waals surface area contributed by atoms with E-state index in [-0.39, 0.29) is 5.91 Å². The van der Waals surface area contributed by atoms with Crippen molar-refractivity contribution < 1.29 is 4.79 Å². The van der Waals surface area contributed by atoms with Crippen LogP contribution in [0.2, 0.25) is 0 Å². The smallest absolute Gasteiger partial charge is 0.224 e. The van der Waals surface area contributed by atoms with E-state index in [1.165, 1.54) is 9.77 Å². The normalized spacial score (nSPS) is 10.5. The Morgan fingerprint density at radius 3 is 2.54 bits per heavy atom. The lowest BCUT2D eigenvalue weighted by atomic mass is 10.1. The quantitative estimate of drug-likeness (QED) is 0.421. The summed E-state index contributed by atoms with van der Waals surface area (Å²) in [6.07, 6.45) is 1.41. The third-order valence-corrected chi connectivity index (χ3v) is 5.55. The van der Waals surface area contributed by atoms with E-state index in [0.717, 1.165) is 23.4 Å². The molecule has 1 N–H and O–H groups in total. The molecule has 4 heteroatoms. The van der Waals surface area contributed by atoms with Crippen molar-refractivity contribution in [2.45, 2.75) is 17.7 Å². The molecule has 0 radical (unpaired) electrons. The Bertz CT molecular complexity index is 769. The highest BCUT2D eigenvalue weighted by Crippen LogP contribution is 2.31. The second kappa shape index (κ2) is 8.71. The third-order valence-electron chi connectivity index (χ3n) is 3.55. The number of amides is 1. The number of hydrogen-bond donors (Lipinski definition) is 1. The maximum Gasteiger partial charge on any atom is 0.224 e. The molecule has 0 bridgehead atoms. The topological polar surface area (TPSA) is 29.1 Å². The summed E-state index contributed by atoms with van der Waals surface area (Å²) in [5.74, 6) is 1.02. The van der Waals surface area contributed by atoms with Crippen LogP contribution >= 0.6 is 23.1 Å². The summed E-state index contributed by atoms with van der Waals surface area (Å²) in [5, 5.41) is 5.11. The summed E-state index contributed by atoms with van der Waals surface area (Å²) in [6, 6.07) is 22.4. The molecule has 0 aliphatic carbocycles. The van der Waals surface area contributed by atoms with Crippen LogP contribution in [0.1, 0.15) is 12.8 Å². The Balaban J connectivity index is 1.51. The van der Waals surface area contributed by atoms with E-state index >= 15 is 0 Å². The summed E-state index contributed by atoms with van der Waals surface area (Å²) in [5.41, 5.74) is 1.97. The standard InChI is InChI=1S/C20H19NOS2/c22-20(13-7-14-23-16-8-2-1-3-9-16)21-18-11-5-4-10-17(18)19-12-6-15-24-19/h1-6,8-12,15H,7,13-14H2,(H,21,22). The summed E-state index contributed by atoms with van der Waals surface area (Å²) >= 11 is 3.47. The van der Waals surface area contributed by atoms with Crippen molar-refractivity contribution in [1.29, 1.82) is 0 Å². The van der Waals surface area contributed by atoms with Gasteiger partial charge in [-0.15, -0.1) is 23.1 Å². The molecule has 2 nitrogen and oxygen atoms in total. The highest BCUT2D eigenvalue weighted by atomic mass is 32.2. The van der Waals surface area contributed by atoms with Gasteiger partial charge in [-0.3, -0.25) is 4.79 Å². The third kappa shape index (κ3) is 4.73. The van der Waals surface area contributed by atoms with E-state index in [1.807, 2.05) is 48.5 Å². The van der Waals surface area contributed by atoms with Gasteiger partial charge < -0.3 is 5.32 Å². The van der Waals surface area contributed by atoms with E-state index in [4.69, 9.17) is 0 Å². The molecule has 122 valence electrons. The van der Waals surface area contributed by atoms with Crippen LogP contribution < -0.4 is 5.32 Å². The number of hydrogen-bond acceptors (Lipinski definition) is 3. The first kappa shape index (κ1) is 16.8. The van der Waals surface area contributed by atoms with Gasteiger partial charge in [0.25, 0.3) is 0 Å². The van der Waals surface area contributed by atoms with Crippen molar-refractivity contribution in [3.63, 3.8) is 0 Å². The largest absolute Gasteiger partial charge is 0.325 e. The zero-order valence-electron chi connectivity index (χ0n) is 13.3. The predicted molar refractivity (Wildman–Crippen MR) is 105 cm³/mol. The number of carbonyl (C=O) groups excluding carboxylic acids is 1. The maximum atomic E-state index is 12.2. The molecule has 3 aromatic rings. The highest BCUT2D eigenvalue weighted by Gasteiger charge is 2.08. The molecule has 1 aromatic heterocycles. The van der Waals surface area contributed by atoms with E-state index in [2.05, 4.69) is 28.9 Å². The Morgan fingerprint density at radius 2 is 1.75 bits per heavy atom. The molecule has 0 saturated heterocycles. The Kier molecular flexibility index (Phi) is 6.10. The van der Waals surface area contributed by atoms with Crippen molar-refractivity contribution in [2.75, 3.05) is 11.1 Å². The Morgan fingerprint density at radius 1 is 0.958 bits per heavy atom. The van der Waals surface area contributed by atoms with Crippen molar-refractivity contribution in [3.05, 3.63) is 72.1 Å². The van der Waals surface area contributed by atoms with Gasteiger partial charge in [-0.2, -0.15) is 0 Å². The first-order valence-corrected chi connectivity index (χ1v) is 9.80. The van der Waals surface area contributed by atoms with E-state index in [9.17, 15) is 4.79 Å². The number of nitrogens with one attached hydrogen (secondary N) is 1. The lowest BCUT2D eigenvalue weighted by molar-refractivity contribution is -0.116. The van der Waals surface area contributed by atoms with Crippen LogP contribution in [0.15, 0.2) is 77.0 Å². The second-order valence-electron chi connectivity index (χ2n) is 5.34. The van der Waals surface area contributed by atoms with Gasteiger partial charge in [0, 0.05) is 27.4 Å². The number of rotatable bonds is 7. The van der Waals surface area contributed by atoms with Crippen molar-refractivity contribution in [2.24, 2.45) is 0 Å². The van der Waals surface area contributed by atoms with Crippen LogP contribution in [0.5, 0.6) is 0 Å². The number of thiophene rings is 1. The molecule has 24 heavy (non-hydrogen) atoms. The van der Waals surface area contributed by atoms with E-state index in [1.54, 1.807) is 23.1 Å². The number of anilines is 1. The summed E-state index contributed by atoms with van der Waals surface area (Å²) in [6.45, 7) is 0. The zero-order chi connectivity index (χ0) is 16.6. The van der Waals surface area contributed by atoms with Crippen molar-refractivity contribution in [1.82, 2.24) is 0 Å². The van der Waals surface area contributed by atoms with Crippen LogP contribution in [-0.4, -0.2) is 11.7 Å². The molecule has 0 unspecified atom stereocenters. The minimum Gasteiger partial charge on any atom is -0.325 e. The molecule has 2 aromatic carbocycles. The molecule has 1 amide bonds. The summed E-state index contributed by atoms with van der Waals surface area (Å²) < 4.78 is 0. The van der Waals surface area contributed by atoms with Crippen molar-refractivity contribution in [3.8, 4) is 10.4 Å². The van der Waals surface area contributed by atoms with E-state index < -0.39 is 0 Å². The fraction of sp³-hybridized carbons (Fsp3) is 0.150. The molecule has 0 spiro atoms. The number of benzene rings is 2. The van der Waals surface area contributed by atoms with Crippen LogP contribution in [0.3, 0.4) is 0 Å². The Hall–Kier alpha value is -2.04. The first-order valence-electron chi connectivity index (χ1n) is 7.93. The molecule has 0 saturated carbocycles. The van der Waals surface area contributed by atoms with Crippen LogP contribution in [0, 0.1) is 0 Å². The molecule has 0 fully saturated rings. The lowest BCUT2D eigenvalue weighted by Gasteiger charge is -2.10. The van der Waals surface area contributed by atoms with E-state index in [0.29, 0.717) is 6.42 Å². The molecule has 1 heterocycles. The van der Waals surface area contributed by atoms with Gasteiger partial charge >= 0.3 is 0 Å². The number of para-hydroxylation sites is 1. The maximum absolute atomic E-state index is 12.2. The molecule has 0 atom stereocenters. The van der Waals surface area contributed by atoms with Crippen LogP contribution in [0.4, 0.5) is 5.69 Å². The molecular formula is C20H19NOS2. The van der Waals surface area contributed by atoms with Gasteiger partial charge in [-0.05, 0) is 41.8 Å². The second-order valence-corrected chi connectivity index (χ2v) is 7.45. The van der Waals surface area contributed by atoms with Crippen LogP contribution in [0.25, 0.3) is 10.4 Å². The minimum absolute atomic E-state index is 0.0765. The van der Waals surface area contributed by atoms with Gasteiger partial charge in [0.05, 0.1) is 0 Å². The minimum atomic E-state index is 0.0765. The SMILES string of the molecule is O=C(CCCSc1ccccc1)Nc1ccccc1-c1cccs1. The number of carbonyl (C=O) groups is 1. The lowest BCUT2D eigenvalue weighted by Crippen LogP contribution is -2.12. The van der Waals surface area contributed by atoms with Gasteiger partial charge in [0.15, 0.2) is 0 Å². The highest BCUT2D eigenvalue weighted by molar-refractivity contribution is 7.99. The molecule has 0 aliphatic heterocycles. The fourth-order valence-electron chi connectivity index (χ4n) is 2.39. The fourth-order valence-corrected chi connectivity index (χ4v) is 4.03. The first-order chi connectivity index (χ1) is 11.8. The summed E-state index contributed by atoms with van der Waals surface area (Å²) in [7, 11) is 0. The average Bonchev–Trinajstić information content (AvgIpc) is 3.15. The van der Waals surface area contributed by atoms with Crippen molar-refractivity contribution >= 4 is 34.7 Å². The predicted octanol–water partition coefficient (Wildman–Crippen LogP) is 5.93. The van der Waals surface area contributed by atoms with Gasteiger partial charge in [0.2, 0.25) is 5.91 Å². The molecule has 3 rings (SSSR count). The van der Waals surface area contributed by atoms with Gasteiger partial charge in [-0.25, -0.2) is 0 Å². The van der Waals surface area contributed by atoms with Gasteiger partial charge in [0.1, 0.15) is 0 Å². The Labute approximate surface area is 150 Å². The van der Waals surface area contributed by atoms with Gasteiger partial charge in [-0.1, -0.05) is 42.5 Å². The molecular weight excluding hydrogens is 334 g/mol. The molecule has 0 aliphatic rings. The average molecular weight is 354 g/mol. The number of thioether (sulfide) groups is 1. The zero-order valence-corrected chi connectivity index (χ0v) is 14.9. The van der Waals surface area contributed by atoms with Crippen LogP contribution in [-0.2, 0) is 4.79 Å².